The second-order valence-corrected chi connectivity index (χ2v) is 10.8. The number of ether oxygens (including phenoxy) is 1. The molecule has 0 bridgehead atoms. The van der Waals surface area contributed by atoms with Gasteiger partial charge in [-0.2, -0.15) is 0 Å². The predicted octanol–water partition coefficient (Wildman–Crippen LogP) is 5.86. The number of nitrogens with zero attached hydrogens (tertiary/aromatic N) is 3. The second kappa shape index (κ2) is 13.9. The van der Waals surface area contributed by atoms with Gasteiger partial charge in [0.15, 0.2) is 5.58 Å². The van der Waals surface area contributed by atoms with Gasteiger partial charge in [0.25, 0.3) is 0 Å². The average molecular weight is 485 g/mol. The molecular weight excluding hydrogens is 436 g/mol. The first-order valence-electron chi connectivity index (χ1n) is 13.7. The Kier molecular flexibility index (Phi) is 10.9. The van der Waals surface area contributed by atoms with Crippen molar-refractivity contribution >= 4 is 11.0 Å². The molecule has 196 valence electrons. The lowest BCUT2D eigenvalue weighted by Crippen LogP contribution is -2.38. The van der Waals surface area contributed by atoms with Crippen molar-refractivity contribution in [2.45, 2.75) is 72.3 Å². The van der Waals surface area contributed by atoms with Crippen LogP contribution in [0, 0.1) is 11.8 Å². The van der Waals surface area contributed by atoms with E-state index >= 15 is 0 Å². The number of likely N-dealkylation sites (tertiary alicyclic amines) is 1. The Morgan fingerprint density at radius 3 is 2.51 bits per heavy atom. The number of allylic oxidation sites excluding steroid dienone is 1. The van der Waals surface area contributed by atoms with E-state index in [9.17, 15) is 0 Å². The van der Waals surface area contributed by atoms with Crippen molar-refractivity contribution in [1.29, 1.82) is 0 Å². The van der Waals surface area contributed by atoms with Crippen LogP contribution in [0.25, 0.3) is 11.0 Å². The van der Waals surface area contributed by atoms with Gasteiger partial charge in [-0.15, -0.1) is 0 Å². The summed E-state index contributed by atoms with van der Waals surface area (Å²) >= 11 is 0. The first-order chi connectivity index (χ1) is 16.9. The van der Waals surface area contributed by atoms with E-state index in [4.69, 9.17) is 9.26 Å². The molecule has 1 aliphatic heterocycles. The van der Waals surface area contributed by atoms with Gasteiger partial charge >= 0.3 is 0 Å². The molecule has 1 aromatic carbocycles. The second-order valence-electron chi connectivity index (χ2n) is 10.8. The molecule has 2 fully saturated rings. The molecule has 6 heteroatoms. The van der Waals surface area contributed by atoms with Crippen LogP contribution in [0.4, 0.5) is 0 Å². The standard InChI is InChI=1S/C26H40N4O2.C3H8/c1-19(2)27-13-16-30-14-11-20(12-15-30)7-9-24-22-8-10-25(31-18-21-5-6-21)23(17-29(3)4)26(22)32-28-24;1-3-2/h8,10,20-21,27H,1,5-7,9,11-18H2,2-4H3;3H2,1-2H3. The molecular formula is C29H48N4O2. The predicted molar refractivity (Wildman–Crippen MR) is 146 cm³/mol. The van der Waals surface area contributed by atoms with Crippen molar-refractivity contribution < 1.29 is 9.26 Å². The number of rotatable bonds is 12. The number of nitrogens with one attached hydrogen (secondary N) is 1. The fraction of sp³-hybridized carbons (Fsp3) is 0.690. The van der Waals surface area contributed by atoms with Crippen molar-refractivity contribution in [3.05, 3.63) is 35.7 Å². The van der Waals surface area contributed by atoms with Gasteiger partial charge < -0.3 is 24.4 Å². The van der Waals surface area contributed by atoms with Crippen LogP contribution in [0.5, 0.6) is 5.75 Å². The zero-order chi connectivity index (χ0) is 25.2. The Bertz CT molecular complexity index is 911. The molecule has 2 heterocycles. The highest BCUT2D eigenvalue weighted by atomic mass is 16.5. The third-order valence-corrected chi connectivity index (χ3v) is 6.77. The van der Waals surface area contributed by atoms with E-state index in [0.29, 0.717) is 0 Å². The largest absolute Gasteiger partial charge is 0.493 e. The lowest BCUT2D eigenvalue weighted by atomic mass is 9.91. The Balaban J connectivity index is 0.00000108. The smallest absolute Gasteiger partial charge is 0.175 e. The molecule has 0 radical (unpaired) electrons. The van der Waals surface area contributed by atoms with E-state index in [0.717, 1.165) is 78.2 Å². The Morgan fingerprint density at radius 2 is 1.89 bits per heavy atom. The van der Waals surface area contributed by atoms with Crippen molar-refractivity contribution in [3.63, 3.8) is 0 Å². The molecule has 1 saturated carbocycles. The maximum atomic E-state index is 6.16. The van der Waals surface area contributed by atoms with E-state index in [-0.39, 0.29) is 0 Å². The van der Waals surface area contributed by atoms with Crippen LogP contribution in [-0.2, 0) is 13.0 Å². The van der Waals surface area contributed by atoms with Gasteiger partial charge in [-0.1, -0.05) is 32.0 Å². The number of piperidine rings is 1. The van der Waals surface area contributed by atoms with E-state index in [1.165, 1.54) is 51.6 Å². The molecule has 0 amide bonds. The van der Waals surface area contributed by atoms with Crippen LogP contribution in [0.3, 0.4) is 0 Å². The summed E-state index contributed by atoms with van der Waals surface area (Å²) in [5.41, 5.74) is 4.18. The van der Waals surface area contributed by atoms with Crippen molar-refractivity contribution in [3.8, 4) is 5.75 Å². The molecule has 0 unspecified atom stereocenters. The minimum atomic E-state index is 0.733. The van der Waals surface area contributed by atoms with Crippen LogP contribution in [0.1, 0.15) is 70.6 Å². The molecule has 4 rings (SSSR count). The summed E-state index contributed by atoms with van der Waals surface area (Å²) in [7, 11) is 4.17. The zero-order valence-corrected chi connectivity index (χ0v) is 22.9. The molecule has 6 nitrogen and oxygen atoms in total. The number of hydrogen-bond donors (Lipinski definition) is 1. The number of aryl methyl sites for hydroxylation is 1. The number of aromatic nitrogens is 1. The molecule has 1 N–H and O–H groups in total. The van der Waals surface area contributed by atoms with Crippen LogP contribution >= 0.6 is 0 Å². The van der Waals surface area contributed by atoms with Crippen molar-refractivity contribution in [2.75, 3.05) is 46.9 Å². The first kappa shape index (κ1) is 27.5. The van der Waals surface area contributed by atoms with Crippen molar-refractivity contribution in [1.82, 2.24) is 20.3 Å². The highest BCUT2D eigenvalue weighted by molar-refractivity contribution is 5.84. The maximum absolute atomic E-state index is 6.16. The highest BCUT2D eigenvalue weighted by Crippen LogP contribution is 2.35. The molecule has 0 spiro atoms. The number of benzene rings is 1. The van der Waals surface area contributed by atoms with E-state index in [2.05, 4.69) is 66.9 Å². The molecule has 1 aliphatic carbocycles. The van der Waals surface area contributed by atoms with Crippen molar-refractivity contribution in [2.24, 2.45) is 11.8 Å². The zero-order valence-electron chi connectivity index (χ0n) is 22.9. The molecule has 2 aromatic rings. The lowest BCUT2D eigenvalue weighted by Gasteiger charge is -2.32. The Labute approximate surface area is 213 Å². The fourth-order valence-electron chi connectivity index (χ4n) is 4.63. The Morgan fingerprint density at radius 1 is 1.17 bits per heavy atom. The molecule has 35 heavy (non-hydrogen) atoms. The van der Waals surface area contributed by atoms with Gasteiger partial charge in [-0.25, -0.2) is 0 Å². The van der Waals surface area contributed by atoms with E-state index < -0.39 is 0 Å². The van der Waals surface area contributed by atoms with Gasteiger partial charge in [0.05, 0.1) is 17.9 Å². The summed E-state index contributed by atoms with van der Waals surface area (Å²) < 4.78 is 12.0. The minimum absolute atomic E-state index is 0.733. The summed E-state index contributed by atoms with van der Waals surface area (Å²) in [6, 6.07) is 4.28. The number of hydrogen-bond acceptors (Lipinski definition) is 6. The van der Waals surface area contributed by atoms with Crippen LogP contribution < -0.4 is 10.1 Å². The first-order valence-corrected chi connectivity index (χ1v) is 13.7. The summed E-state index contributed by atoms with van der Waals surface area (Å²) in [6.45, 7) is 16.3. The van der Waals surface area contributed by atoms with Crippen LogP contribution in [0.15, 0.2) is 28.9 Å². The molecule has 2 aliphatic rings. The lowest BCUT2D eigenvalue weighted by molar-refractivity contribution is 0.180. The van der Waals surface area contributed by atoms with Gasteiger partial charge in [0.2, 0.25) is 0 Å². The highest BCUT2D eigenvalue weighted by Gasteiger charge is 2.24. The van der Waals surface area contributed by atoms with Crippen LogP contribution in [-0.4, -0.2) is 61.8 Å². The van der Waals surface area contributed by atoms with Gasteiger partial charge in [-0.05, 0) is 96.6 Å². The summed E-state index contributed by atoms with van der Waals surface area (Å²) in [6.07, 6.45) is 8.55. The third kappa shape index (κ3) is 8.84. The van der Waals surface area contributed by atoms with E-state index in [1.54, 1.807) is 0 Å². The molecule has 1 aromatic heterocycles. The van der Waals surface area contributed by atoms with Gasteiger partial charge in [0, 0.05) is 30.7 Å². The third-order valence-electron chi connectivity index (χ3n) is 6.77. The van der Waals surface area contributed by atoms with Gasteiger partial charge in [-0.3, -0.25) is 0 Å². The summed E-state index contributed by atoms with van der Waals surface area (Å²) in [5.74, 6) is 2.46. The molecule has 0 atom stereocenters. The fourth-order valence-corrected chi connectivity index (χ4v) is 4.63. The topological polar surface area (TPSA) is 53.8 Å². The SMILES string of the molecule is C=C(C)NCCN1CCC(CCc2noc3c(CN(C)C)c(OCC4CC4)ccc23)CC1.CCC. The monoisotopic (exact) mass is 484 g/mol. The van der Waals surface area contributed by atoms with E-state index in [1.807, 2.05) is 6.92 Å². The number of fused-ring (bicyclic) bond motifs is 1. The summed E-state index contributed by atoms with van der Waals surface area (Å²) in [5, 5.41) is 8.98. The average Bonchev–Trinajstić information content (AvgIpc) is 3.56. The maximum Gasteiger partial charge on any atom is 0.175 e. The Hall–Kier alpha value is -2.05. The van der Waals surface area contributed by atoms with Crippen LogP contribution in [0.2, 0.25) is 0 Å². The normalized spacial score (nSPS) is 16.9. The quantitative estimate of drug-likeness (QED) is 0.407. The van der Waals surface area contributed by atoms with Gasteiger partial charge in [0.1, 0.15) is 5.75 Å². The molecule has 1 saturated heterocycles. The minimum Gasteiger partial charge on any atom is -0.493 e. The summed E-state index contributed by atoms with van der Waals surface area (Å²) in [4.78, 5) is 4.73.